The molecule has 2 rings (SSSR count). The normalized spacial score (nSPS) is 11.8. The van der Waals surface area contributed by atoms with Gasteiger partial charge in [-0.05, 0) is 36.6 Å². The average Bonchev–Trinajstić information content (AvgIpc) is 2.57. The van der Waals surface area contributed by atoms with E-state index in [1.54, 1.807) is 0 Å². The van der Waals surface area contributed by atoms with Crippen molar-refractivity contribution in [1.29, 1.82) is 0 Å². The summed E-state index contributed by atoms with van der Waals surface area (Å²) in [6, 6.07) is 10.4. The van der Waals surface area contributed by atoms with Crippen molar-refractivity contribution in [3.05, 3.63) is 59.4 Å². The molecule has 0 amide bonds. The highest BCUT2D eigenvalue weighted by Crippen LogP contribution is 2.15. The number of aryl methyl sites for hydroxylation is 2. The molecule has 0 bridgehead atoms. The highest BCUT2D eigenvalue weighted by molar-refractivity contribution is 7.85. The lowest BCUT2D eigenvalue weighted by Crippen LogP contribution is -2.33. The first-order chi connectivity index (χ1) is 12.2. The Morgan fingerprint density at radius 2 is 1.77 bits per heavy atom. The smallest absolute Gasteiger partial charge is 0.264 e. The molecule has 6 heteroatoms. The number of unbranched alkanes of at least 4 members (excludes halogenated alkanes) is 1. The topological polar surface area (TPSA) is 61.5 Å². The van der Waals surface area contributed by atoms with Crippen LogP contribution in [0, 0.1) is 6.92 Å². The van der Waals surface area contributed by atoms with Crippen LogP contribution in [0.15, 0.2) is 42.7 Å². The highest BCUT2D eigenvalue weighted by Gasteiger charge is 2.07. The molecule has 0 atom stereocenters. The summed E-state index contributed by atoms with van der Waals surface area (Å²) < 4.78 is 32.2. The second-order valence-corrected chi connectivity index (χ2v) is 8.21. The molecule has 0 aliphatic carbocycles. The zero-order valence-electron chi connectivity index (χ0n) is 15.6. The molecule has 2 aromatic rings. The number of rotatable bonds is 8. The molecule has 1 N–H and O–H groups in total. The molecule has 5 nitrogen and oxygen atoms in total. The molecule has 0 radical (unpaired) electrons. The number of anilines is 1. The molecule has 0 aliphatic rings. The van der Waals surface area contributed by atoms with Gasteiger partial charge in [0.15, 0.2) is 12.4 Å². The van der Waals surface area contributed by atoms with Crippen molar-refractivity contribution < 1.29 is 17.5 Å². The van der Waals surface area contributed by atoms with Gasteiger partial charge in [-0.15, -0.1) is 0 Å². The van der Waals surface area contributed by atoms with E-state index < -0.39 is 10.1 Å². The maximum absolute atomic E-state index is 10.7. The molecule has 0 fully saturated rings. The standard InChI is InChI=1S/C20H26N2O3S/c1-17-16-22(13-4-5-15-26(23,24)25)14-12-19(17)9-6-18-7-10-20(11-8-18)21(2)3/h6-12,14,16H,4-5,13,15H2,1-3H3/p+1. The van der Waals surface area contributed by atoms with E-state index in [1.165, 1.54) is 5.69 Å². The number of benzene rings is 1. The van der Waals surface area contributed by atoms with Gasteiger partial charge in [0.1, 0.15) is 6.54 Å². The Labute approximate surface area is 156 Å². The Kier molecular flexibility index (Phi) is 6.94. The van der Waals surface area contributed by atoms with Crippen LogP contribution in [0.4, 0.5) is 5.69 Å². The summed E-state index contributed by atoms with van der Waals surface area (Å²) in [5.41, 5.74) is 4.63. The van der Waals surface area contributed by atoms with Gasteiger partial charge in [-0.25, -0.2) is 4.57 Å². The maximum atomic E-state index is 10.7. The zero-order valence-corrected chi connectivity index (χ0v) is 16.4. The van der Waals surface area contributed by atoms with Gasteiger partial charge in [0, 0.05) is 37.8 Å². The molecular formula is C20H27N2O3S+. The Morgan fingerprint density at radius 1 is 1.08 bits per heavy atom. The van der Waals surface area contributed by atoms with E-state index in [0.717, 1.165) is 23.2 Å². The van der Waals surface area contributed by atoms with E-state index in [-0.39, 0.29) is 5.75 Å². The van der Waals surface area contributed by atoms with E-state index in [4.69, 9.17) is 4.55 Å². The van der Waals surface area contributed by atoms with Crippen LogP contribution in [0.1, 0.15) is 29.5 Å². The molecule has 1 heterocycles. The summed E-state index contributed by atoms with van der Waals surface area (Å²) in [5.74, 6) is -0.181. The van der Waals surface area contributed by atoms with Crippen molar-refractivity contribution in [1.82, 2.24) is 0 Å². The fourth-order valence-corrected chi connectivity index (χ4v) is 3.22. The SMILES string of the molecule is Cc1c[n+](CCCCS(=O)(=O)O)ccc1/C=C/c1ccc(N(C)C)cc1. The fraction of sp³-hybridized carbons (Fsp3) is 0.350. The summed E-state index contributed by atoms with van der Waals surface area (Å²) in [7, 11) is 0.192. The van der Waals surface area contributed by atoms with Gasteiger partial charge in [0.05, 0.1) is 5.75 Å². The molecule has 0 aliphatic heterocycles. The third-order valence-electron chi connectivity index (χ3n) is 4.19. The van der Waals surface area contributed by atoms with E-state index >= 15 is 0 Å². The first-order valence-electron chi connectivity index (χ1n) is 8.65. The minimum absolute atomic E-state index is 0.181. The van der Waals surface area contributed by atoms with Crippen molar-refractivity contribution in [2.24, 2.45) is 0 Å². The predicted molar refractivity (Wildman–Crippen MR) is 107 cm³/mol. The Bertz CT molecular complexity index is 857. The van der Waals surface area contributed by atoms with Gasteiger partial charge in [0.2, 0.25) is 0 Å². The minimum Gasteiger partial charge on any atom is -0.378 e. The number of aromatic nitrogens is 1. The van der Waals surface area contributed by atoms with Gasteiger partial charge >= 0.3 is 0 Å². The largest absolute Gasteiger partial charge is 0.378 e. The van der Waals surface area contributed by atoms with Crippen LogP contribution in [0.5, 0.6) is 0 Å². The van der Waals surface area contributed by atoms with Gasteiger partial charge in [-0.1, -0.05) is 24.3 Å². The average molecular weight is 376 g/mol. The van der Waals surface area contributed by atoms with Crippen LogP contribution in [0.25, 0.3) is 12.2 Å². The zero-order chi connectivity index (χ0) is 19.2. The van der Waals surface area contributed by atoms with Gasteiger partial charge < -0.3 is 4.90 Å². The van der Waals surface area contributed by atoms with Crippen LogP contribution in [0.3, 0.4) is 0 Å². The van der Waals surface area contributed by atoms with Gasteiger partial charge in [-0.3, -0.25) is 4.55 Å². The number of hydrogen-bond donors (Lipinski definition) is 1. The molecule has 140 valence electrons. The van der Waals surface area contributed by atoms with Crippen molar-refractivity contribution in [3.8, 4) is 0 Å². The lowest BCUT2D eigenvalue weighted by Gasteiger charge is -2.11. The van der Waals surface area contributed by atoms with Crippen LogP contribution in [-0.4, -0.2) is 32.8 Å². The molecule has 26 heavy (non-hydrogen) atoms. The quantitative estimate of drug-likeness (QED) is 0.437. The minimum atomic E-state index is -3.86. The second-order valence-electron chi connectivity index (χ2n) is 6.63. The summed E-state index contributed by atoms with van der Waals surface area (Å²) >= 11 is 0. The van der Waals surface area contributed by atoms with E-state index in [2.05, 4.69) is 60.5 Å². The van der Waals surface area contributed by atoms with Gasteiger partial charge in [0.25, 0.3) is 10.1 Å². The Hall–Kier alpha value is -2.18. The van der Waals surface area contributed by atoms with Crippen LogP contribution < -0.4 is 9.47 Å². The molecule has 1 aromatic carbocycles. The second kappa shape index (κ2) is 8.96. The van der Waals surface area contributed by atoms with Crippen LogP contribution in [-0.2, 0) is 16.7 Å². The first-order valence-corrected chi connectivity index (χ1v) is 10.3. The fourth-order valence-electron chi connectivity index (χ4n) is 2.65. The van der Waals surface area contributed by atoms with E-state index in [0.29, 0.717) is 12.8 Å². The van der Waals surface area contributed by atoms with E-state index in [1.807, 2.05) is 24.9 Å². The molecule has 0 spiro atoms. The summed E-state index contributed by atoms with van der Waals surface area (Å²) in [6.45, 7) is 2.79. The lowest BCUT2D eigenvalue weighted by atomic mass is 10.1. The van der Waals surface area contributed by atoms with Crippen molar-refractivity contribution >= 4 is 28.0 Å². The highest BCUT2D eigenvalue weighted by atomic mass is 32.2. The monoisotopic (exact) mass is 375 g/mol. The third kappa shape index (κ3) is 6.61. The molecular weight excluding hydrogens is 348 g/mol. The van der Waals surface area contributed by atoms with Crippen LogP contribution in [0.2, 0.25) is 0 Å². The van der Waals surface area contributed by atoms with E-state index in [9.17, 15) is 8.42 Å². The molecule has 0 saturated heterocycles. The molecule has 0 unspecified atom stereocenters. The number of pyridine rings is 1. The van der Waals surface area contributed by atoms with Gasteiger partial charge in [-0.2, -0.15) is 8.42 Å². The molecule has 0 saturated carbocycles. The summed E-state index contributed by atoms with van der Waals surface area (Å²) in [6.07, 6.45) is 9.41. The predicted octanol–water partition coefficient (Wildman–Crippen LogP) is 3.19. The Morgan fingerprint density at radius 3 is 2.35 bits per heavy atom. The molecule has 1 aromatic heterocycles. The first kappa shape index (κ1) is 20.1. The summed E-state index contributed by atoms with van der Waals surface area (Å²) in [4.78, 5) is 2.07. The van der Waals surface area contributed by atoms with Crippen molar-refractivity contribution in [2.75, 3.05) is 24.7 Å². The third-order valence-corrected chi connectivity index (χ3v) is 5.00. The maximum Gasteiger partial charge on any atom is 0.264 e. The Balaban J connectivity index is 1.96. The van der Waals surface area contributed by atoms with Crippen molar-refractivity contribution in [3.63, 3.8) is 0 Å². The number of nitrogens with zero attached hydrogens (tertiary/aromatic N) is 2. The summed E-state index contributed by atoms with van der Waals surface area (Å²) in [5, 5.41) is 0. The number of hydrogen-bond acceptors (Lipinski definition) is 3. The van der Waals surface area contributed by atoms with Crippen LogP contribution >= 0.6 is 0 Å². The lowest BCUT2D eigenvalue weighted by molar-refractivity contribution is -0.697. The van der Waals surface area contributed by atoms with Crippen molar-refractivity contribution in [2.45, 2.75) is 26.3 Å².